The number of β-lactam (4-membered cyclic amide) rings is 1. The van der Waals surface area contributed by atoms with Crippen LogP contribution in [-0.4, -0.2) is 29.1 Å². The molecule has 1 aliphatic rings. The second kappa shape index (κ2) is 1.70. The first-order chi connectivity index (χ1) is 4.13. The van der Waals surface area contributed by atoms with E-state index in [0.29, 0.717) is 0 Å². The smallest absolute Gasteiger partial charge is 0.328 e. The minimum absolute atomic E-state index is 0.401. The maximum atomic E-state index is 10.2. The lowest BCUT2D eigenvalue weighted by Gasteiger charge is -2.29. The van der Waals surface area contributed by atoms with Gasteiger partial charge in [0.15, 0.2) is 6.04 Å². The fourth-order valence-corrected chi connectivity index (χ4v) is 0.610. The summed E-state index contributed by atoms with van der Waals surface area (Å²) in [4.78, 5) is 20.3. The van der Waals surface area contributed by atoms with Crippen LogP contribution in [0.3, 0.4) is 0 Å². The van der Waals surface area contributed by atoms with Gasteiger partial charge in [0.2, 0.25) is 5.91 Å². The normalized spacial score (nSPS) is 32.8. The maximum absolute atomic E-state index is 10.2. The molecule has 5 nitrogen and oxygen atoms in total. The fraction of sp³-hybridized carbons (Fsp3) is 0.500. The fourth-order valence-electron chi connectivity index (χ4n) is 0.610. The molecule has 0 unspecified atom stereocenters. The van der Waals surface area contributed by atoms with E-state index >= 15 is 0 Å². The van der Waals surface area contributed by atoms with Gasteiger partial charge in [-0.1, -0.05) is 0 Å². The SMILES string of the molecule is N[C@@H]1C(=O)N[C@H]1C(=O)O. The molecule has 0 spiro atoms. The van der Waals surface area contributed by atoms with Crippen LogP contribution in [0.15, 0.2) is 0 Å². The lowest BCUT2D eigenvalue weighted by Crippen LogP contribution is -2.69. The third-order valence-electron chi connectivity index (χ3n) is 1.23. The van der Waals surface area contributed by atoms with Crippen molar-refractivity contribution in [1.82, 2.24) is 5.32 Å². The van der Waals surface area contributed by atoms with Gasteiger partial charge < -0.3 is 16.2 Å². The average Bonchev–Trinajstić information content (AvgIpc) is 1.81. The van der Waals surface area contributed by atoms with Gasteiger partial charge in [-0.15, -0.1) is 0 Å². The number of aliphatic carboxylic acids is 1. The quantitative estimate of drug-likeness (QED) is 0.354. The Morgan fingerprint density at radius 1 is 1.78 bits per heavy atom. The van der Waals surface area contributed by atoms with E-state index in [9.17, 15) is 9.59 Å². The Balaban J connectivity index is 2.51. The molecule has 0 bridgehead atoms. The molecule has 1 saturated heterocycles. The molecule has 50 valence electrons. The number of amides is 1. The van der Waals surface area contributed by atoms with Crippen LogP contribution in [0.4, 0.5) is 0 Å². The van der Waals surface area contributed by atoms with E-state index in [2.05, 4.69) is 5.32 Å². The molecular formula is C4H6N2O3. The van der Waals surface area contributed by atoms with Crippen LogP contribution in [0.25, 0.3) is 0 Å². The molecule has 5 heteroatoms. The van der Waals surface area contributed by atoms with E-state index in [0.717, 1.165) is 0 Å². The third kappa shape index (κ3) is 0.746. The standard InChI is InChI=1S/C4H6N2O3/c5-1-2(4(8)9)6-3(1)7/h1-2H,5H2,(H,6,7)(H,8,9)/t1-,2+/m0/s1. The third-order valence-corrected chi connectivity index (χ3v) is 1.23. The van der Waals surface area contributed by atoms with Gasteiger partial charge in [-0.2, -0.15) is 0 Å². The van der Waals surface area contributed by atoms with Crippen molar-refractivity contribution in [2.45, 2.75) is 12.1 Å². The Kier molecular flexibility index (Phi) is 1.14. The van der Waals surface area contributed by atoms with Crippen molar-refractivity contribution in [3.05, 3.63) is 0 Å². The number of carboxylic acid groups (broad SMARTS) is 1. The monoisotopic (exact) mass is 130 g/mol. The van der Waals surface area contributed by atoms with Gasteiger partial charge in [0, 0.05) is 0 Å². The van der Waals surface area contributed by atoms with Crippen molar-refractivity contribution in [3.8, 4) is 0 Å². The summed E-state index contributed by atoms with van der Waals surface area (Å²) in [7, 11) is 0. The second-order valence-electron chi connectivity index (χ2n) is 1.85. The zero-order chi connectivity index (χ0) is 7.02. The molecule has 0 aromatic rings. The minimum atomic E-state index is -1.08. The van der Waals surface area contributed by atoms with Crippen LogP contribution in [0.1, 0.15) is 0 Å². The number of rotatable bonds is 1. The van der Waals surface area contributed by atoms with Crippen molar-refractivity contribution in [2.75, 3.05) is 0 Å². The van der Waals surface area contributed by atoms with Gasteiger partial charge >= 0.3 is 5.97 Å². The van der Waals surface area contributed by atoms with Crippen LogP contribution in [0, 0.1) is 0 Å². The number of hydrogen-bond acceptors (Lipinski definition) is 3. The highest BCUT2D eigenvalue weighted by atomic mass is 16.4. The zero-order valence-corrected chi connectivity index (χ0v) is 4.50. The van der Waals surface area contributed by atoms with E-state index in [1.807, 2.05) is 0 Å². The maximum Gasteiger partial charge on any atom is 0.328 e. The number of carbonyl (C=O) groups is 2. The Labute approximate surface area is 50.8 Å². The number of nitrogens with two attached hydrogens (primary N) is 1. The van der Waals surface area contributed by atoms with E-state index in [-0.39, 0.29) is 0 Å². The van der Waals surface area contributed by atoms with Crippen LogP contribution < -0.4 is 11.1 Å². The lowest BCUT2D eigenvalue weighted by atomic mass is 10.0. The van der Waals surface area contributed by atoms with Crippen molar-refractivity contribution < 1.29 is 14.7 Å². The summed E-state index contributed by atoms with van der Waals surface area (Å²) >= 11 is 0. The van der Waals surface area contributed by atoms with Crippen molar-refractivity contribution in [3.63, 3.8) is 0 Å². The molecule has 2 atom stereocenters. The minimum Gasteiger partial charge on any atom is -0.480 e. The van der Waals surface area contributed by atoms with Gasteiger partial charge in [0.1, 0.15) is 6.04 Å². The largest absolute Gasteiger partial charge is 0.480 e. The van der Waals surface area contributed by atoms with Crippen LogP contribution in [-0.2, 0) is 9.59 Å². The number of nitrogens with one attached hydrogen (secondary N) is 1. The van der Waals surface area contributed by atoms with Crippen molar-refractivity contribution in [1.29, 1.82) is 0 Å². The van der Waals surface area contributed by atoms with E-state index in [1.54, 1.807) is 0 Å². The summed E-state index contributed by atoms with van der Waals surface area (Å²) in [5.74, 6) is -1.48. The Morgan fingerprint density at radius 3 is 2.44 bits per heavy atom. The molecule has 1 aliphatic heterocycles. The molecule has 0 saturated carbocycles. The first kappa shape index (κ1) is 6.03. The van der Waals surface area contributed by atoms with Crippen molar-refractivity contribution in [2.24, 2.45) is 5.73 Å². The molecule has 9 heavy (non-hydrogen) atoms. The van der Waals surface area contributed by atoms with E-state index in [4.69, 9.17) is 10.8 Å². The number of hydrogen-bond donors (Lipinski definition) is 3. The van der Waals surface area contributed by atoms with Crippen molar-refractivity contribution >= 4 is 11.9 Å². The van der Waals surface area contributed by atoms with Crippen LogP contribution in [0.2, 0.25) is 0 Å². The molecule has 0 aliphatic carbocycles. The predicted octanol–water partition coefficient (Wildman–Crippen LogP) is -2.10. The molecule has 1 rings (SSSR count). The van der Waals surface area contributed by atoms with Gasteiger partial charge in [0.05, 0.1) is 0 Å². The second-order valence-corrected chi connectivity index (χ2v) is 1.85. The number of carboxylic acids is 1. The first-order valence-corrected chi connectivity index (χ1v) is 2.41. The molecule has 0 aromatic carbocycles. The van der Waals surface area contributed by atoms with Crippen LogP contribution in [0.5, 0.6) is 0 Å². The molecular weight excluding hydrogens is 124 g/mol. The Bertz CT molecular complexity index is 167. The summed E-state index contributed by atoms with van der Waals surface area (Å²) in [6.07, 6.45) is 0. The summed E-state index contributed by atoms with van der Waals surface area (Å²) < 4.78 is 0. The molecule has 0 radical (unpaired) electrons. The lowest BCUT2D eigenvalue weighted by molar-refractivity contribution is -0.149. The molecule has 1 fully saturated rings. The van der Waals surface area contributed by atoms with Gasteiger partial charge in [0.25, 0.3) is 0 Å². The molecule has 4 N–H and O–H groups in total. The predicted molar refractivity (Wildman–Crippen MR) is 27.5 cm³/mol. The summed E-state index contributed by atoms with van der Waals surface area (Å²) in [5, 5.41) is 10.4. The summed E-state index contributed by atoms with van der Waals surface area (Å²) in [5.41, 5.74) is 5.07. The molecule has 1 amide bonds. The Morgan fingerprint density at radius 2 is 2.33 bits per heavy atom. The summed E-state index contributed by atoms with van der Waals surface area (Å²) in [6, 6.07) is -1.74. The highest BCUT2D eigenvalue weighted by Gasteiger charge is 2.41. The topological polar surface area (TPSA) is 92.4 Å². The highest BCUT2D eigenvalue weighted by molar-refractivity contribution is 5.98. The Hall–Kier alpha value is -1.10. The van der Waals surface area contributed by atoms with Gasteiger partial charge in [-0.25, -0.2) is 4.79 Å². The van der Waals surface area contributed by atoms with Gasteiger partial charge in [-0.3, -0.25) is 4.79 Å². The first-order valence-electron chi connectivity index (χ1n) is 2.41. The zero-order valence-electron chi connectivity index (χ0n) is 4.50. The van der Waals surface area contributed by atoms with E-state index < -0.39 is 24.0 Å². The number of carbonyl (C=O) groups excluding carboxylic acids is 1. The molecule has 0 aromatic heterocycles. The van der Waals surface area contributed by atoms with E-state index in [1.165, 1.54) is 0 Å². The van der Waals surface area contributed by atoms with Gasteiger partial charge in [-0.05, 0) is 0 Å². The summed E-state index contributed by atoms with van der Waals surface area (Å²) in [6.45, 7) is 0. The molecule has 1 heterocycles. The highest BCUT2D eigenvalue weighted by Crippen LogP contribution is 2.01. The average molecular weight is 130 g/mol. The van der Waals surface area contributed by atoms with Crippen LogP contribution >= 0.6 is 0 Å².